The summed E-state index contributed by atoms with van der Waals surface area (Å²) in [6.07, 6.45) is 1.71. The highest BCUT2D eigenvalue weighted by molar-refractivity contribution is 6.03. The molecule has 1 amide bonds. The zero-order valence-electron chi connectivity index (χ0n) is 22.1. The number of amides is 1. The van der Waals surface area contributed by atoms with Gasteiger partial charge in [-0.25, -0.2) is 4.99 Å². The van der Waals surface area contributed by atoms with Crippen LogP contribution < -0.4 is 22.1 Å². The molecule has 1 fully saturated rings. The molecule has 38 heavy (non-hydrogen) atoms. The van der Waals surface area contributed by atoms with Crippen LogP contribution in [0.2, 0.25) is 0 Å². The minimum atomic E-state index is -0.147. The number of nitriles is 1. The quantitative estimate of drug-likeness (QED) is 0.173. The molecule has 0 aromatic heterocycles. The molecular weight excluding hydrogens is 478 g/mol. The molecule has 196 valence electrons. The van der Waals surface area contributed by atoms with E-state index in [4.69, 9.17) is 11.3 Å². The van der Waals surface area contributed by atoms with E-state index in [2.05, 4.69) is 59.4 Å². The fourth-order valence-electron chi connectivity index (χ4n) is 4.77. The van der Waals surface area contributed by atoms with Gasteiger partial charge in [0.25, 0.3) is 5.91 Å². The Kier molecular flexibility index (Phi) is 7.90. The monoisotopic (exact) mass is 511 g/mol. The molecule has 10 nitrogen and oxygen atoms in total. The van der Waals surface area contributed by atoms with Crippen LogP contribution in [-0.4, -0.2) is 53.4 Å². The first kappa shape index (κ1) is 26.6. The highest BCUT2D eigenvalue weighted by Gasteiger charge is 2.33. The Morgan fingerprint density at radius 1 is 1.11 bits per heavy atom. The first-order chi connectivity index (χ1) is 18.2. The molecule has 0 spiro atoms. The van der Waals surface area contributed by atoms with Crippen molar-refractivity contribution >= 4 is 28.8 Å². The number of hydrazine groups is 2. The number of carbonyl (C=O) groups excluding carboxylic acids is 1. The lowest BCUT2D eigenvalue weighted by atomic mass is 10.1. The standard InChI is InChI=1S/C28H33N9O/c1-17-7-18(2)9-24(8-17)33-20(4)32-12-23-14-36(15-25(23)30)27-16-37(13-22(27)11-29)28(38)21-5-6-26(34-35-31)19(3)10-21/h5-10,12,30,34-35H,13-16,31H2,1-4H3,(H,32,33)/b23-12-,30-25?. The first-order valence-electron chi connectivity index (χ1n) is 12.3. The number of nitrogens with one attached hydrogen (secondary N) is 4. The number of anilines is 2. The third-order valence-corrected chi connectivity index (χ3v) is 6.58. The summed E-state index contributed by atoms with van der Waals surface area (Å²) < 4.78 is 0. The van der Waals surface area contributed by atoms with E-state index in [1.165, 1.54) is 11.1 Å². The van der Waals surface area contributed by atoms with Gasteiger partial charge < -0.3 is 26.0 Å². The Balaban J connectivity index is 1.44. The van der Waals surface area contributed by atoms with Crippen molar-refractivity contribution < 1.29 is 4.79 Å². The van der Waals surface area contributed by atoms with Gasteiger partial charge in [0.1, 0.15) is 5.84 Å². The Morgan fingerprint density at radius 3 is 2.50 bits per heavy atom. The maximum Gasteiger partial charge on any atom is 0.254 e. The molecule has 0 saturated carbocycles. The maximum absolute atomic E-state index is 13.2. The van der Waals surface area contributed by atoms with Gasteiger partial charge in [-0.2, -0.15) is 10.8 Å². The molecule has 6 N–H and O–H groups in total. The van der Waals surface area contributed by atoms with Crippen LogP contribution in [0.3, 0.4) is 0 Å². The van der Waals surface area contributed by atoms with Gasteiger partial charge in [0.15, 0.2) is 0 Å². The SMILES string of the molecule is C/C(=N\C=C1\CN(C2=C(C#N)CN(C(=O)c3ccc(NNN)c(C)c3)C2)CC1=N)Nc1cc(C)cc(C)c1. The molecule has 0 unspecified atom stereocenters. The van der Waals surface area contributed by atoms with Crippen LogP contribution in [0.25, 0.3) is 0 Å². The van der Waals surface area contributed by atoms with Gasteiger partial charge in [-0.15, -0.1) is 0 Å². The number of rotatable bonds is 6. The Morgan fingerprint density at radius 2 is 1.84 bits per heavy atom. The zero-order chi connectivity index (χ0) is 27.4. The van der Waals surface area contributed by atoms with Gasteiger partial charge in [0.05, 0.1) is 42.7 Å². The van der Waals surface area contributed by atoms with Gasteiger partial charge in [-0.1, -0.05) is 6.07 Å². The third kappa shape index (κ3) is 5.91. The highest BCUT2D eigenvalue weighted by atomic mass is 16.2. The number of benzene rings is 2. The number of amidine groups is 1. The number of aryl methyl sites for hydroxylation is 3. The molecule has 10 heteroatoms. The smallest absolute Gasteiger partial charge is 0.254 e. The average Bonchev–Trinajstić information content (AvgIpc) is 3.46. The number of carbonyl (C=O) groups is 1. The van der Waals surface area contributed by atoms with E-state index in [0.29, 0.717) is 36.5 Å². The second kappa shape index (κ2) is 11.3. The molecule has 0 atom stereocenters. The fraction of sp³-hybridized carbons (Fsp3) is 0.286. The summed E-state index contributed by atoms with van der Waals surface area (Å²) in [6.45, 7) is 9.29. The van der Waals surface area contributed by atoms with E-state index in [1.54, 1.807) is 29.3 Å². The van der Waals surface area contributed by atoms with Crippen LogP contribution >= 0.6 is 0 Å². The van der Waals surface area contributed by atoms with E-state index in [0.717, 1.165) is 34.0 Å². The van der Waals surface area contributed by atoms with Crippen molar-refractivity contribution in [2.45, 2.75) is 27.7 Å². The van der Waals surface area contributed by atoms with Crippen molar-refractivity contribution in [1.29, 1.82) is 10.7 Å². The van der Waals surface area contributed by atoms with Crippen LogP contribution in [-0.2, 0) is 0 Å². The normalized spacial score (nSPS) is 16.9. The summed E-state index contributed by atoms with van der Waals surface area (Å²) in [5.74, 6) is 5.90. The van der Waals surface area contributed by atoms with Crippen molar-refractivity contribution in [2.24, 2.45) is 10.8 Å². The van der Waals surface area contributed by atoms with Gasteiger partial charge in [0.2, 0.25) is 0 Å². The molecule has 0 radical (unpaired) electrons. The van der Waals surface area contributed by atoms with E-state index in [9.17, 15) is 10.1 Å². The minimum Gasteiger partial charge on any atom is -0.362 e. The maximum atomic E-state index is 13.2. The van der Waals surface area contributed by atoms with E-state index in [1.807, 2.05) is 18.7 Å². The number of likely N-dealkylation sites (tertiary alicyclic amines) is 1. The van der Waals surface area contributed by atoms with Crippen molar-refractivity contribution in [2.75, 3.05) is 36.9 Å². The largest absolute Gasteiger partial charge is 0.362 e. The third-order valence-electron chi connectivity index (χ3n) is 6.58. The number of aliphatic imine (C=N–C) groups is 1. The molecule has 2 aromatic carbocycles. The second-order valence-electron chi connectivity index (χ2n) is 9.70. The van der Waals surface area contributed by atoms with Crippen LogP contribution in [0, 0.1) is 37.5 Å². The van der Waals surface area contributed by atoms with Crippen molar-refractivity contribution in [3.05, 3.63) is 81.7 Å². The van der Waals surface area contributed by atoms with Gasteiger partial charge in [-0.3, -0.25) is 10.6 Å². The summed E-state index contributed by atoms with van der Waals surface area (Å²) in [5, 5.41) is 21.6. The lowest BCUT2D eigenvalue weighted by molar-refractivity contribution is 0.0792. The number of hydrogen-bond acceptors (Lipinski definition) is 8. The number of nitrogens with zero attached hydrogens (tertiary/aromatic N) is 4. The van der Waals surface area contributed by atoms with Gasteiger partial charge in [0, 0.05) is 35.3 Å². The fourth-order valence-corrected chi connectivity index (χ4v) is 4.77. The van der Waals surface area contributed by atoms with Crippen LogP contribution in [0.1, 0.15) is 34.0 Å². The van der Waals surface area contributed by atoms with Gasteiger partial charge in [-0.05, 0) is 74.7 Å². The van der Waals surface area contributed by atoms with Gasteiger partial charge >= 0.3 is 0 Å². The predicted octanol–water partition coefficient (Wildman–Crippen LogP) is 3.39. The molecule has 2 heterocycles. The molecule has 0 bridgehead atoms. The second-order valence-corrected chi connectivity index (χ2v) is 9.70. The summed E-state index contributed by atoms with van der Waals surface area (Å²) in [7, 11) is 0. The van der Waals surface area contributed by atoms with E-state index >= 15 is 0 Å². The number of nitrogens with two attached hydrogens (primary N) is 1. The minimum absolute atomic E-state index is 0.147. The molecule has 2 aliphatic heterocycles. The summed E-state index contributed by atoms with van der Waals surface area (Å²) in [5.41, 5.74) is 13.3. The topological polar surface area (TPSA) is 146 Å². The lowest BCUT2D eigenvalue weighted by Gasteiger charge is -2.21. The summed E-state index contributed by atoms with van der Waals surface area (Å²) in [6, 6.07) is 13.8. The Hall–Kier alpha value is -4.46. The molecular formula is C28H33N9O. The van der Waals surface area contributed by atoms with E-state index in [-0.39, 0.29) is 12.5 Å². The lowest BCUT2D eigenvalue weighted by Crippen LogP contribution is -2.32. The predicted molar refractivity (Wildman–Crippen MR) is 151 cm³/mol. The van der Waals surface area contributed by atoms with Crippen molar-refractivity contribution in [3.8, 4) is 6.07 Å². The summed E-state index contributed by atoms with van der Waals surface area (Å²) in [4.78, 5) is 21.4. The van der Waals surface area contributed by atoms with Crippen LogP contribution in [0.15, 0.2) is 64.4 Å². The van der Waals surface area contributed by atoms with Crippen LogP contribution in [0.5, 0.6) is 0 Å². The van der Waals surface area contributed by atoms with Crippen molar-refractivity contribution in [3.63, 3.8) is 0 Å². The molecule has 4 rings (SSSR count). The van der Waals surface area contributed by atoms with Crippen LogP contribution in [0.4, 0.5) is 11.4 Å². The van der Waals surface area contributed by atoms with Crippen molar-refractivity contribution in [1.82, 2.24) is 15.3 Å². The summed E-state index contributed by atoms with van der Waals surface area (Å²) >= 11 is 0. The molecule has 0 aliphatic carbocycles. The Labute approximate surface area is 223 Å². The number of hydrogen-bond donors (Lipinski definition) is 5. The first-order valence-corrected chi connectivity index (χ1v) is 12.3. The highest BCUT2D eigenvalue weighted by Crippen LogP contribution is 2.27. The zero-order valence-corrected chi connectivity index (χ0v) is 22.1. The molecule has 2 aliphatic rings. The molecule has 1 saturated heterocycles. The average molecular weight is 512 g/mol. The molecule has 2 aromatic rings. The Bertz CT molecular complexity index is 1390. The van der Waals surface area contributed by atoms with E-state index < -0.39 is 0 Å².